The van der Waals surface area contributed by atoms with E-state index in [2.05, 4.69) is 5.32 Å². The lowest BCUT2D eigenvalue weighted by atomic mass is 10.1. The average molecular weight is 269 g/mol. The standard InChI is InChI=1S/C16H15NO3/c1-10-3-4-11(2)14(9-10)17-15(18)12-5-7-13(8-6-12)16(19)20/h3-9H,1-2H3,(H,17,18)(H,19,20). The summed E-state index contributed by atoms with van der Waals surface area (Å²) < 4.78 is 0. The maximum Gasteiger partial charge on any atom is 0.335 e. The van der Waals surface area contributed by atoms with Crippen LogP contribution in [0.5, 0.6) is 0 Å². The molecule has 2 aromatic rings. The molecule has 0 bridgehead atoms. The Balaban J connectivity index is 2.19. The number of carbonyl (C=O) groups excluding carboxylic acids is 1. The number of carboxylic acid groups (broad SMARTS) is 1. The lowest BCUT2D eigenvalue weighted by Crippen LogP contribution is -2.13. The molecule has 2 aromatic carbocycles. The first-order valence-electron chi connectivity index (χ1n) is 6.19. The largest absolute Gasteiger partial charge is 0.478 e. The Kier molecular flexibility index (Phi) is 3.84. The monoisotopic (exact) mass is 269 g/mol. The van der Waals surface area contributed by atoms with Crippen LogP contribution >= 0.6 is 0 Å². The first kappa shape index (κ1) is 13.8. The van der Waals surface area contributed by atoms with Gasteiger partial charge < -0.3 is 10.4 Å². The van der Waals surface area contributed by atoms with E-state index in [-0.39, 0.29) is 11.5 Å². The zero-order chi connectivity index (χ0) is 14.7. The van der Waals surface area contributed by atoms with Gasteiger partial charge in [0.25, 0.3) is 5.91 Å². The lowest BCUT2D eigenvalue weighted by molar-refractivity contribution is 0.0696. The number of rotatable bonds is 3. The fraction of sp³-hybridized carbons (Fsp3) is 0.125. The highest BCUT2D eigenvalue weighted by Crippen LogP contribution is 2.17. The normalized spacial score (nSPS) is 10.1. The Bertz CT molecular complexity index is 660. The van der Waals surface area contributed by atoms with Crippen LogP contribution in [0.2, 0.25) is 0 Å². The van der Waals surface area contributed by atoms with Crippen LogP contribution in [0.1, 0.15) is 31.8 Å². The third-order valence-electron chi connectivity index (χ3n) is 3.04. The van der Waals surface area contributed by atoms with Gasteiger partial charge in [0.2, 0.25) is 0 Å². The molecule has 0 saturated heterocycles. The third-order valence-corrected chi connectivity index (χ3v) is 3.04. The van der Waals surface area contributed by atoms with Gasteiger partial charge in [-0.1, -0.05) is 12.1 Å². The molecule has 0 spiro atoms. The number of hydrogen-bond acceptors (Lipinski definition) is 2. The van der Waals surface area contributed by atoms with Crippen molar-refractivity contribution in [1.29, 1.82) is 0 Å². The molecule has 2 N–H and O–H groups in total. The van der Waals surface area contributed by atoms with E-state index in [1.165, 1.54) is 24.3 Å². The summed E-state index contributed by atoms with van der Waals surface area (Å²) in [6.45, 7) is 3.87. The molecule has 0 atom stereocenters. The lowest BCUT2D eigenvalue weighted by Gasteiger charge is -2.09. The summed E-state index contributed by atoms with van der Waals surface area (Å²) in [5.41, 5.74) is 3.39. The van der Waals surface area contributed by atoms with Crippen LogP contribution in [0, 0.1) is 13.8 Å². The molecular weight excluding hydrogens is 254 g/mol. The highest BCUT2D eigenvalue weighted by molar-refractivity contribution is 6.05. The van der Waals surface area contributed by atoms with Gasteiger partial charge in [-0.3, -0.25) is 4.79 Å². The van der Waals surface area contributed by atoms with Crippen molar-refractivity contribution in [3.05, 3.63) is 64.7 Å². The molecular formula is C16H15NO3. The molecule has 1 amide bonds. The van der Waals surface area contributed by atoms with E-state index in [1.807, 2.05) is 32.0 Å². The molecule has 0 fully saturated rings. The summed E-state index contributed by atoms with van der Waals surface area (Å²) in [4.78, 5) is 22.9. The highest BCUT2D eigenvalue weighted by atomic mass is 16.4. The summed E-state index contributed by atoms with van der Waals surface area (Å²) in [5, 5.41) is 11.6. The van der Waals surface area contributed by atoms with E-state index in [9.17, 15) is 9.59 Å². The van der Waals surface area contributed by atoms with Crippen LogP contribution in [0.25, 0.3) is 0 Å². The van der Waals surface area contributed by atoms with Gasteiger partial charge in [0.1, 0.15) is 0 Å². The maximum atomic E-state index is 12.1. The second kappa shape index (κ2) is 5.57. The van der Waals surface area contributed by atoms with Gasteiger partial charge in [-0.2, -0.15) is 0 Å². The number of hydrogen-bond donors (Lipinski definition) is 2. The van der Waals surface area contributed by atoms with Crippen LogP contribution in [-0.2, 0) is 0 Å². The van der Waals surface area contributed by atoms with Crippen LogP contribution in [-0.4, -0.2) is 17.0 Å². The number of nitrogens with one attached hydrogen (secondary N) is 1. The number of carboxylic acids is 1. The Labute approximate surface area is 117 Å². The molecule has 0 aliphatic heterocycles. The van der Waals surface area contributed by atoms with Crippen molar-refractivity contribution in [2.45, 2.75) is 13.8 Å². The predicted octanol–water partition coefficient (Wildman–Crippen LogP) is 3.25. The molecule has 0 radical (unpaired) electrons. The smallest absolute Gasteiger partial charge is 0.335 e. The summed E-state index contributed by atoms with van der Waals surface area (Å²) in [6, 6.07) is 11.7. The molecule has 102 valence electrons. The van der Waals surface area contributed by atoms with Crippen molar-refractivity contribution >= 4 is 17.6 Å². The number of benzene rings is 2. The molecule has 0 saturated carbocycles. The van der Waals surface area contributed by atoms with Crippen LogP contribution in [0.3, 0.4) is 0 Å². The van der Waals surface area contributed by atoms with Crippen LogP contribution < -0.4 is 5.32 Å². The van der Waals surface area contributed by atoms with E-state index < -0.39 is 5.97 Å². The van der Waals surface area contributed by atoms with E-state index in [0.717, 1.165) is 16.8 Å². The molecule has 0 heterocycles. The van der Waals surface area contributed by atoms with Crippen LogP contribution in [0.15, 0.2) is 42.5 Å². The summed E-state index contributed by atoms with van der Waals surface area (Å²) >= 11 is 0. The summed E-state index contributed by atoms with van der Waals surface area (Å²) in [6.07, 6.45) is 0. The van der Waals surface area contributed by atoms with Crippen molar-refractivity contribution in [3.63, 3.8) is 0 Å². The minimum absolute atomic E-state index is 0.160. The zero-order valence-electron chi connectivity index (χ0n) is 11.3. The predicted molar refractivity (Wildman–Crippen MR) is 77.3 cm³/mol. The van der Waals surface area contributed by atoms with Gasteiger partial charge in [-0.15, -0.1) is 0 Å². The van der Waals surface area contributed by atoms with Crippen molar-refractivity contribution in [2.75, 3.05) is 5.32 Å². The van der Waals surface area contributed by atoms with E-state index in [4.69, 9.17) is 5.11 Å². The summed E-state index contributed by atoms with van der Waals surface area (Å²) in [5.74, 6) is -1.26. The first-order valence-corrected chi connectivity index (χ1v) is 6.19. The van der Waals surface area contributed by atoms with Crippen molar-refractivity contribution < 1.29 is 14.7 Å². The molecule has 4 heteroatoms. The molecule has 0 aliphatic rings. The minimum atomic E-state index is -1.01. The summed E-state index contributed by atoms with van der Waals surface area (Å²) in [7, 11) is 0. The van der Waals surface area contributed by atoms with Gasteiger partial charge in [0, 0.05) is 11.3 Å². The number of carbonyl (C=O) groups is 2. The van der Waals surface area contributed by atoms with Crippen LogP contribution in [0.4, 0.5) is 5.69 Å². The van der Waals surface area contributed by atoms with Crippen molar-refractivity contribution in [2.24, 2.45) is 0 Å². The second-order valence-electron chi connectivity index (χ2n) is 4.66. The SMILES string of the molecule is Cc1ccc(C)c(NC(=O)c2ccc(C(=O)O)cc2)c1. The van der Waals surface area contributed by atoms with Crippen molar-refractivity contribution in [1.82, 2.24) is 0 Å². The first-order chi connectivity index (χ1) is 9.47. The van der Waals surface area contributed by atoms with Gasteiger partial charge in [0.15, 0.2) is 0 Å². The Morgan fingerprint density at radius 3 is 2.15 bits per heavy atom. The van der Waals surface area contributed by atoms with Gasteiger partial charge in [0.05, 0.1) is 5.56 Å². The Morgan fingerprint density at radius 2 is 1.55 bits per heavy atom. The number of amides is 1. The quantitative estimate of drug-likeness (QED) is 0.898. The Morgan fingerprint density at radius 1 is 0.950 bits per heavy atom. The minimum Gasteiger partial charge on any atom is -0.478 e. The van der Waals surface area contributed by atoms with Gasteiger partial charge in [-0.05, 0) is 55.3 Å². The van der Waals surface area contributed by atoms with Gasteiger partial charge in [-0.25, -0.2) is 4.79 Å². The second-order valence-corrected chi connectivity index (χ2v) is 4.66. The molecule has 2 rings (SSSR count). The average Bonchev–Trinajstić information content (AvgIpc) is 2.43. The Hall–Kier alpha value is -2.62. The van der Waals surface area contributed by atoms with E-state index >= 15 is 0 Å². The van der Waals surface area contributed by atoms with E-state index in [0.29, 0.717) is 5.56 Å². The van der Waals surface area contributed by atoms with Gasteiger partial charge >= 0.3 is 5.97 Å². The topological polar surface area (TPSA) is 66.4 Å². The fourth-order valence-corrected chi connectivity index (χ4v) is 1.83. The number of aromatic carboxylic acids is 1. The van der Waals surface area contributed by atoms with Crippen molar-refractivity contribution in [3.8, 4) is 0 Å². The third kappa shape index (κ3) is 3.03. The molecule has 0 aromatic heterocycles. The fourth-order valence-electron chi connectivity index (χ4n) is 1.83. The molecule has 4 nitrogen and oxygen atoms in total. The maximum absolute atomic E-state index is 12.1. The molecule has 0 unspecified atom stereocenters. The number of aryl methyl sites for hydroxylation is 2. The van der Waals surface area contributed by atoms with E-state index in [1.54, 1.807) is 0 Å². The highest BCUT2D eigenvalue weighted by Gasteiger charge is 2.09. The molecule has 20 heavy (non-hydrogen) atoms. The number of anilines is 1. The zero-order valence-corrected chi connectivity index (χ0v) is 11.3. The molecule has 0 aliphatic carbocycles.